The normalized spacial score (nSPS) is 16.5. The maximum absolute atomic E-state index is 13.2. The number of anilines is 1. The van der Waals surface area contributed by atoms with Crippen molar-refractivity contribution in [3.8, 4) is 11.5 Å². The third kappa shape index (κ3) is 4.49. The van der Waals surface area contributed by atoms with Crippen LogP contribution >= 0.6 is 11.3 Å². The molecule has 2 atom stereocenters. The topological polar surface area (TPSA) is 83.7 Å². The van der Waals surface area contributed by atoms with Crippen molar-refractivity contribution < 1.29 is 19.1 Å². The minimum atomic E-state index is -0.414. The lowest BCUT2D eigenvalue weighted by molar-refractivity contribution is -0.126. The van der Waals surface area contributed by atoms with E-state index in [4.69, 9.17) is 9.47 Å². The summed E-state index contributed by atoms with van der Waals surface area (Å²) in [6.07, 6.45) is 2.20. The number of hydrogen-bond acceptors (Lipinski definition) is 5. The minimum absolute atomic E-state index is 0.0224. The number of thiophene rings is 1. The van der Waals surface area contributed by atoms with Crippen molar-refractivity contribution in [2.75, 3.05) is 32.2 Å². The summed E-state index contributed by atoms with van der Waals surface area (Å²) in [5, 5.41) is 6.33. The number of ether oxygens (including phenoxy) is 2. The van der Waals surface area contributed by atoms with E-state index in [9.17, 15) is 9.59 Å². The molecule has 0 spiro atoms. The van der Waals surface area contributed by atoms with E-state index in [2.05, 4.69) is 33.9 Å². The number of nitrogens with zero attached hydrogens (tertiary/aromatic N) is 1. The molecular formula is C27H27N3O4S. The fourth-order valence-corrected chi connectivity index (χ4v) is 5.55. The molecular weight excluding hydrogens is 462 g/mol. The molecule has 0 saturated carbocycles. The van der Waals surface area contributed by atoms with Gasteiger partial charge in [0.15, 0.2) is 11.5 Å². The largest absolute Gasteiger partial charge is 0.493 e. The number of carbonyl (C=O) groups is 2. The number of hydrogen-bond donors (Lipinski definition) is 2. The van der Waals surface area contributed by atoms with Crippen molar-refractivity contribution in [1.82, 2.24) is 10.3 Å². The number of H-pyrrole nitrogens is 1. The van der Waals surface area contributed by atoms with Crippen LogP contribution in [0, 0.1) is 5.92 Å². The van der Waals surface area contributed by atoms with Crippen molar-refractivity contribution in [2.45, 2.75) is 12.3 Å². The second kappa shape index (κ2) is 9.84. The van der Waals surface area contributed by atoms with Crippen LogP contribution in [0.1, 0.15) is 22.8 Å². The average molecular weight is 490 g/mol. The SMILES string of the molecule is COc1ccc(N2CC(C(=O)NCC(c3cccs3)c3c[nH]c4ccccc34)CC2=O)cc1OC. The molecule has 2 unspecified atom stereocenters. The van der Waals surface area contributed by atoms with Crippen molar-refractivity contribution in [3.63, 3.8) is 0 Å². The molecule has 8 heteroatoms. The lowest BCUT2D eigenvalue weighted by Crippen LogP contribution is -2.35. The van der Waals surface area contributed by atoms with E-state index in [1.54, 1.807) is 42.6 Å². The molecule has 1 fully saturated rings. The van der Waals surface area contributed by atoms with Crippen LogP contribution in [-0.4, -0.2) is 44.1 Å². The van der Waals surface area contributed by atoms with Gasteiger partial charge in [-0.05, 0) is 35.2 Å². The van der Waals surface area contributed by atoms with Crippen molar-refractivity contribution in [3.05, 3.63) is 76.6 Å². The smallest absolute Gasteiger partial charge is 0.227 e. The number of para-hydroxylation sites is 1. The van der Waals surface area contributed by atoms with Crippen LogP contribution < -0.4 is 19.7 Å². The number of carbonyl (C=O) groups excluding carboxylic acids is 2. The van der Waals surface area contributed by atoms with Gasteiger partial charge in [0.2, 0.25) is 11.8 Å². The molecule has 2 amide bonds. The number of amides is 2. The highest BCUT2D eigenvalue weighted by molar-refractivity contribution is 7.10. The zero-order valence-electron chi connectivity index (χ0n) is 19.6. The molecule has 1 aliphatic heterocycles. The Bertz CT molecular complexity index is 1350. The van der Waals surface area contributed by atoms with Gasteiger partial charge in [-0.2, -0.15) is 0 Å². The van der Waals surface area contributed by atoms with Crippen molar-refractivity contribution in [2.24, 2.45) is 5.92 Å². The maximum atomic E-state index is 13.2. The lowest BCUT2D eigenvalue weighted by Gasteiger charge is -2.20. The first-order valence-corrected chi connectivity index (χ1v) is 12.4. The molecule has 35 heavy (non-hydrogen) atoms. The molecule has 180 valence electrons. The number of methoxy groups -OCH3 is 2. The van der Waals surface area contributed by atoms with Crippen LogP contribution in [0.25, 0.3) is 10.9 Å². The van der Waals surface area contributed by atoms with Crippen LogP contribution in [0.5, 0.6) is 11.5 Å². The highest BCUT2D eigenvalue weighted by Gasteiger charge is 2.36. The first kappa shape index (κ1) is 23.0. The molecule has 4 aromatic rings. The van der Waals surface area contributed by atoms with E-state index >= 15 is 0 Å². The lowest BCUT2D eigenvalue weighted by atomic mass is 9.96. The number of nitrogens with one attached hydrogen (secondary N) is 2. The van der Waals surface area contributed by atoms with Crippen LogP contribution in [-0.2, 0) is 9.59 Å². The Balaban J connectivity index is 1.31. The molecule has 7 nitrogen and oxygen atoms in total. The van der Waals surface area contributed by atoms with E-state index < -0.39 is 5.92 Å². The fraction of sp³-hybridized carbons (Fsp3) is 0.259. The molecule has 2 aromatic heterocycles. The highest BCUT2D eigenvalue weighted by Crippen LogP contribution is 2.35. The Labute approximate surface area is 207 Å². The predicted octanol–water partition coefficient (Wildman–Crippen LogP) is 4.55. The van der Waals surface area contributed by atoms with Gasteiger partial charge in [-0.1, -0.05) is 24.3 Å². The van der Waals surface area contributed by atoms with E-state index in [-0.39, 0.29) is 24.2 Å². The standard InChI is InChI=1S/C27H27N3O4S/c1-33-23-10-9-18(13-24(23)34-2)30-16-17(12-26(30)31)27(32)29-15-21(25-8-5-11-35-25)20-14-28-22-7-4-3-6-19(20)22/h3-11,13-14,17,21,28H,12,15-16H2,1-2H3,(H,29,32). The number of fused-ring (bicyclic) bond motifs is 1. The van der Waals surface area contributed by atoms with Crippen LogP contribution in [0.4, 0.5) is 5.69 Å². The van der Waals surface area contributed by atoms with E-state index in [1.807, 2.05) is 30.5 Å². The fourth-order valence-electron chi connectivity index (χ4n) is 4.71. The number of aromatic amines is 1. The van der Waals surface area contributed by atoms with Gasteiger partial charge in [0.1, 0.15) is 0 Å². The van der Waals surface area contributed by atoms with Gasteiger partial charge in [0.05, 0.1) is 20.1 Å². The van der Waals surface area contributed by atoms with Gasteiger partial charge >= 0.3 is 0 Å². The quantitative estimate of drug-likeness (QED) is 0.380. The summed E-state index contributed by atoms with van der Waals surface area (Å²) in [4.78, 5) is 32.1. The summed E-state index contributed by atoms with van der Waals surface area (Å²) in [7, 11) is 3.13. The second-order valence-corrected chi connectivity index (χ2v) is 9.53. The van der Waals surface area contributed by atoms with Crippen LogP contribution in [0.15, 0.2) is 66.2 Å². The molecule has 3 heterocycles. The Morgan fingerprint density at radius 3 is 2.74 bits per heavy atom. The van der Waals surface area contributed by atoms with Gasteiger partial charge in [-0.25, -0.2) is 0 Å². The molecule has 5 rings (SSSR count). The first-order chi connectivity index (χ1) is 17.1. The van der Waals surface area contributed by atoms with Gasteiger partial charge in [0, 0.05) is 59.2 Å². The summed E-state index contributed by atoms with van der Waals surface area (Å²) in [6.45, 7) is 0.791. The molecule has 0 bridgehead atoms. The third-order valence-corrected chi connectivity index (χ3v) is 7.52. The Morgan fingerprint density at radius 1 is 1.14 bits per heavy atom. The number of rotatable bonds is 8. The molecule has 0 aliphatic carbocycles. The minimum Gasteiger partial charge on any atom is -0.493 e. The molecule has 1 saturated heterocycles. The third-order valence-electron chi connectivity index (χ3n) is 6.54. The van der Waals surface area contributed by atoms with Crippen molar-refractivity contribution >= 4 is 39.7 Å². The molecule has 1 aliphatic rings. The summed E-state index contributed by atoms with van der Waals surface area (Å²) in [6, 6.07) is 17.6. The molecule has 2 N–H and O–H groups in total. The zero-order chi connectivity index (χ0) is 24.4. The number of benzene rings is 2. The Morgan fingerprint density at radius 2 is 1.97 bits per heavy atom. The first-order valence-electron chi connectivity index (χ1n) is 11.5. The van der Waals surface area contributed by atoms with E-state index in [0.29, 0.717) is 30.3 Å². The number of aromatic nitrogens is 1. The average Bonchev–Trinajstić information content (AvgIpc) is 3.64. The highest BCUT2D eigenvalue weighted by atomic mass is 32.1. The summed E-state index contributed by atoms with van der Waals surface area (Å²) in [5.74, 6) is 0.556. The summed E-state index contributed by atoms with van der Waals surface area (Å²) >= 11 is 1.68. The van der Waals surface area contributed by atoms with Crippen LogP contribution in [0.3, 0.4) is 0 Å². The maximum Gasteiger partial charge on any atom is 0.227 e. The summed E-state index contributed by atoms with van der Waals surface area (Å²) in [5.41, 5.74) is 2.92. The molecule has 2 aromatic carbocycles. The van der Waals surface area contributed by atoms with E-state index in [0.717, 1.165) is 16.5 Å². The van der Waals surface area contributed by atoms with Gasteiger partial charge in [-0.3, -0.25) is 9.59 Å². The predicted molar refractivity (Wildman–Crippen MR) is 137 cm³/mol. The van der Waals surface area contributed by atoms with Gasteiger partial charge in [0.25, 0.3) is 0 Å². The zero-order valence-corrected chi connectivity index (χ0v) is 20.4. The van der Waals surface area contributed by atoms with Crippen LogP contribution in [0.2, 0.25) is 0 Å². The summed E-state index contributed by atoms with van der Waals surface area (Å²) < 4.78 is 10.7. The molecule has 0 radical (unpaired) electrons. The Hall–Kier alpha value is -3.78. The monoisotopic (exact) mass is 489 g/mol. The second-order valence-electron chi connectivity index (χ2n) is 8.55. The van der Waals surface area contributed by atoms with E-state index in [1.165, 1.54) is 4.88 Å². The Kier molecular flexibility index (Phi) is 6.46. The van der Waals surface area contributed by atoms with Gasteiger partial charge < -0.3 is 24.7 Å². The van der Waals surface area contributed by atoms with Gasteiger partial charge in [-0.15, -0.1) is 11.3 Å². The van der Waals surface area contributed by atoms with Crippen molar-refractivity contribution in [1.29, 1.82) is 0 Å².